The van der Waals surface area contributed by atoms with Gasteiger partial charge in [0.2, 0.25) is 0 Å². The molecule has 1 saturated carbocycles. The fourth-order valence-corrected chi connectivity index (χ4v) is 7.90. The first kappa shape index (κ1) is 13.1. The van der Waals surface area contributed by atoms with E-state index in [4.69, 9.17) is 0 Å². The van der Waals surface area contributed by atoms with Crippen molar-refractivity contribution in [2.24, 2.45) is 11.3 Å². The van der Waals surface area contributed by atoms with Gasteiger partial charge in [-0.15, -0.1) is 8.93 Å². The largest absolute Gasteiger partial charge is 0.106 e. The normalized spacial score (nSPS) is 31.8. The Kier molecular flexibility index (Phi) is 4.17. The van der Waals surface area contributed by atoms with Gasteiger partial charge in [0.05, 0.1) is 0 Å². The summed E-state index contributed by atoms with van der Waals surface area (Å²) in [5.74, 6) is 3.26. The fraction of sp³-hybridized carbons (Fsp3) is 0.692. The van der Waals surface area contributed by atoms with E-state index in [0.717, 1.165) is 5.92 Å². The molecule has 0 saturated heterocycles. The monoisotopic (exact) mass is 272 g/mol. The Balaban J connectivity index is 2.38. The van der Waals surface area contributed by atoms with Crippen molar-refractivity contribution in [3.63, 3.8) is 0 Å². The Morgan fingerprint density at radius 1 is 1.38 bits per heavy atom. The number of hydrogen-bond donors (Lipinski definition) is 0. The second-order valence-corrected chi connectivity index (χ2v) is 13.4. The molecule has 0 bridgehead atoms. The van der Waals surface area contributed by atoms with Crippen molar-refractivity contribution < 1.29 is 0 Å². The van der Waals surface area contributed by atoms with Crippen molar-refractivity contribution in [1.29, 1.82) is 0 Å². The smallest absolute Gasteiger partial charge is 0.0107 e. The molecular formula is C13H23P3. The highest BCUT2D eigenvalue weighted by Gasteiger charge is 2.31. The van der Waals surface area contributed by atoms with Gasteiger partial charge in [0.1, 0.15) is 0 Å². The molecule has 90 valence electrons. The van der Waals surface area contributed by atoms with E-state index in [1.54, 1.807) is 18.8 Å². The molecule has 16 heavy (non-hydrogen) atoms. The van der Waals surface area contributed by atoms with Crippen LogP contribution in [0, 0.1) is 11.3 Å². The van der Waals surface area contributed by atoms with Gasteiger partial charge >= 0.3 is 0 Å². The van der Waals surface area contributed by atoms with Crippen molar-refractivity contribution in [1.82, 2.24) is 0 Å². The first-order chi connectivity index (χ1) is 7.48. The Labute approximate surface area is 104 Å². The van der Waals surface area contributed by atoms with Crippen LogP contribution in [0.25, 0.3) is 0 Å². The van der Waals surface area contributed by atoms with Crippen LogP contribution >= 0.6 is 23.7 Å². The molecule has 3 atom stereocenters. The predicted molar refractivity (Wildman–Crippen MR) is 85.5 cm³/mol. The lowest BCUT2D eigenvalue weighted by atomic mass is 9.73. The van der Waals surface area contributed by atoms with E-state index < -0.39 is 0 Å². The van der Waals surface area contributed by atoms with E-state index in [2.05, 4.69) is 41.6 Å². The van der Waals surface area contributed by atoms with Crippen LogP contribution in [0.15, 0.2) is 11.6 Å². The third-order valence-corrected chi connectivity index (χ3v) is 8.90. The summed E-state index contributed by atoms with van der Waals surface area (Å²) in [4.78, 5) is 0. The number of fused-ring (bicyclic) bond motifs is 1. The van der Waals surface area contributed by atoms with Crippen LogP contribution in [0.2, 0.25) is 0 Å². The van der Waals surface area contributed by atoms with Gasteiger partial charge in [-0.2, -0.15) is 0 Å². The van der Waals surface area contributed by atoms with E-state index in [1.165, 1.54) is 25.7 Å². The summed E-state index contributed by atoms with van der Waals surface area (Å²) in [7, 11) is 4.69. The van der Waals surface area contributed by atoms with Crippen molar-refractivity contribution in [3.8, 4) is 0 Å². The maximum absolute atomic E-state index is 3.05. The third kappa shape index (κ3) is 2.90. The van der Waals surface area contributed by atoms with Gasteiger partial charge in [0.15, 0.2) is 0 Å². The first-order valence-electron chi connectivity index (χ1n) is 6.24. The van der Waals surface area contributed by atoms with Crippen LogP contribution < -0.4 is 0 Å². The predicted octanol–water partition coefficient (Wildman–Crippen LogP) is 5.00. The maximum atomic E-state index is 3.05. The lowest BCUT2D eigenvalue weighted by molar-refractivity contribution is 0.269. The summed E-state index contributed by atoms with van der Waals surface area (Å²) >= 11 is 0. The molecule has 1 aliphatic carbocycles. The van der Waals surface area contributed by atoms with Gasteiger partial charge in [-0.05, 0) is 41.5 Å². The van der Waals surface area contributed by atoms with Gasteiger partial charge < -0.3 is 0 Å². The molecule has 3 heteroatoms. The Morgan fingerprint density at radius 2 is 2.12 bits per heavy atom. The summed E-state index contributed by atoms with van der Waals surface area (Å²) < 4.78 is 0. The van der Waals surface area contributed by atoms with Crippen LogP contribution in [0.3, 0.4) is 0 Å². The Bertz CT molecular complexity index is 369. The van der Waals surface area contributed by atoms with E-state index in [9.17, 15) is 0 Å². The quantitative estimate of drug-likeness (QED) is 0.544. The first-order valence-corrected chi connectivity index (χ1v) is 11.4. The molecule has 0 aromatic heterocycles. The topological polar surface area (TPSA) is 0 Å². The van der Waals surface area contributed by atoms with Gasteiger partial charge in [0.25, 0.3) is 0 Å². The zero-order valence-corrected chi connectivity index (χ0v) is 13.6. The molecule has 0 spiro atoms. The Hall–Kier alpha value is 0.640. The van der Waals surface area contributed by atoms with Crippen molar-refractivity contribution in [2.75, 3.05) is 0 Å². The SMILES string of the molecule is CC(C)(C)C1CCCCC2=P[PH](P)=CC=C21. The summed E-state index contributed by atoms with van der Waals surface area (Å²) in [6.07, 6.45) is 8.04. The molecule has 2 rings (SSSR count). The molecule has 0 aromatic rings. The molecule has 1 aliphatic heterocycles. The summed E-state index contributed by atoms with van der Waals surface area (Å²) in [6.45, 7) is 6.91. The van der Waals surface area contributed by atoms with Gasteiger partial charge in [0, 0.05) is 0 Å². The van der Waals surface area contributed by atoms with Crippen LogP contribution in [-0.4, -0.2) is 11.1 Å². The molecule has 1 heterocycles. The summed E-state index contributed by atoms with van der Waals surface area (Å²) in [6, 6.07) is 0. The molecule has 0 N–H and O–H groups in total. The van der Waals surface area contributed by atoms with E-state index in [-0.39, 0.29) is 6.92 Å². The van der Waals surface area contributed by atoms with Crippen LogP contribution in [-0.2, 0) is 0 Å². The molecular weight excluding hydrogens is 249 g/mol. The molecule has 0 amide bonds. The van der Waals surface area contributed by atoms with Crippen molar-refractivity contribution >= 4 is 34.8 Å². The average molecular weight is 272 g/mol. The van der Waals surface area contributed by atoms with Crippen molar-refractivity contribution in [2.45, 2.75) is 46.5 Å². The number of hydrogen-bond acceptors (Lipinski definition) is 0. The number of allylic oxidation sites excluding steroid dienone is 2. The molecule has 2 aliphatic rings. The third-order valence-electron chi connectivity index (χ3n) is 3.61. The lowest BCUT2D eigenvalue weighted by Crippen LogP contribution is -2.24. The summed E-state index contributed by atoms with van der Waals surface area (Å²) in [5.41, 5.74) is 2.12. The molecule has 0 radical (unpaired) electrons. The van der Waals surface area contributed by atoms with Crippen LogP contribution in [0.4, 0.5) is 0 Å². The average Bonchev–Trinajstić information content (AvgIpc) is 2.38. The fourth-order valence-electron chi connectivity index (χ4n) is 2.74. The van der Waals surface area contributed by atoms with E-state index in [0.29, 0.717) is 5.41 Å². The van der Waals surface area contributed by atoms with Crippen LogP contribution in [0.1, 0.15) is 46.5 Å². The highest BCUT2D eigenvalue weighted by atomic mass is 32.4. The lowest BCUT2D eigenvalue weighted by Gasteiger charge is -2.33. The zero-order valence-electron chi connectivity index (χ0n) is 10.6. The maximum Gasteiger partial charge on any atom is -0.0107 e. The second-order valence-electron chi connectivity index (χ2n) is 5.94. The summed E-state index contributed by atoms with van der Waals surface area (Å²) in [5, 5.41) is 1.77. The van der Waals surface area contributed by atoms with Gasteiger partial charge in [-0.3, -0.25) is 0 Å². The molecule has 0 aromatic carbocycles. The van der Waals surface area contributed by atoms with E-state index in [1.807, 2.05) is 0 Å². The minimum atomic E-state index is -0.295. The van der Waals surface area contributed by atoms with Crippen LogP contribution in [0.5, 0.6) is 0 Å². The number of rotatable bonds is 0. The Morgan fingerprint density at radius 3 is 2.81 bits per heavy atom. The molecule has 0 nitrogen and oxygen atoms in total. The highest BCUT2D eigenvalue weighted by Crippen LogP contribution is 2.53. The van der Waals surface area contributed by atoms with E-state index >= 15 is 0 Å². The van der Waals surface area contributed by atoms with Gasteiger partial charge in [-0.25, -0.2) is 0 Å². The van der Waals surface area contributed by atoms with Crippen molar-refractivity contribution in [3.05, 3.63) is 11.6 Å². The molecule has 3 unspecified atom stereocenters. The molecule has 1 fully saturated rings. The second kappa shape index (κ2) is 5.10. The standard InChI is InChI=1S/C13H23P3/c1-13(2,3)11-6-4-5-7-12-10(11)8-9-16(14)15-12/h8-9,11,16H,4-7,14H2,1-3H3. The zero-order chi connectivity index (χ0) is 11.8. The minimum absolute atomic E-state index is 0.295. The minimum Gasteiger partial charge on any atom is -0.106 e. The highest BCUT2D eigenvalue weighted by molar-refractivity contribution is 8.46. The van der Waals surface area contributed by atoms with Gasteiger partial charge in [-0.1, -0.05) is 53.9 Å².